The summed E-state index contributed by atoms with van der Waals surface area (Å²) in [7, 11) is 3.12. The third kappa shape index (κ3) is 3.89. The number of H-pyrrole nitrogens is 1. The Kier molecular flexibility index (Phi) is 5.48. The smallest absolute Gasteiger partial charge is 0.337 e. The Bertz CT molecular complexity index is 1100. The Hall–Kier alpha value is -4.01. The summed E-state index contributed by atoms with van der Waals surface area (Å²) in [4.78, 5) is 34.0. The Morgan fingerprint density at radius 3 is 2.55 bits per heavy atom. The van der Waals surface area contributed by atoms with Crippen molar-refractivity contribution in [2.24, 2.45) is 0 Å². The van der Waals surface area contributed by atoms with Crippen LogP contribution in [0.3, 0.4) is 0 Å². The number of methoxy groups -OCH3 is 2. The first-order valence-corrected chi connectivity index (χ1v) is 9.67. The first-order valence-electron chi connectivity index (χ1n) is 9.67. The largest absolute Gasteiger partial charge is 0.497 e. The lowest BCUT2D eigenvalue weighted by molar-refractivity contribution is 0.0698. The van der Waals surface area contributed by atoms with Crippen molar-refractivity contribution in [2.75, 3.05) is 26.1 Å². The molecule has 9 nitrogen and oxygen atoms in total. The molecule has 2 aromatic carbocycles. The Morgan fingerprint density at radius 1 is 1.16 bits per heavy atom. The van der Waals surface area contributed by atoms with Gasteiger partial charge in [0.25, 0.3) is 0 Å². The van der Waals surface area contributed by atoms with Crippen molar-refractivity contribution in [2.45, 2.75) is 12.5 Å². The van der Waals surface area contributed by atoms with Crippen LogP contribution in [0.15, 0.2) is 48.8 Å². The number of aromatic carboxylic acids is 1. The van der Waals surface area contributed by atoms with Crippen molar-refractivity contribution >= 4 is 17.7 Å². The number of nitrogens with one attached hydrogen (secondary N) is 2. The summed E-state index contributed by atoms with van der Waals surface area (Å²) < 4.78 is 10.8. The molecule has 0 aliphatic carbocycles. The highest BCUT2D eigenvalue weighted by molar-refractivity contribution is 6.00. The molecule has 2 amide bonds. The van der Waals surface area contributed by atoms with Crippen LogP contribution < -0.4 is 14.8 Å². The maximum Gasteiger partial charge on any atom is 0.337 e. The Labute approximate surface area is 178 Å². The van der Waals surface area contributed by atoms with Crippen molar-refractivity contribution in [1.29, 1.82) is 0 Å². The van der Waals surface area contributed by atoms with Gasteiger partial charge in [-0.2, -0.15) is 0 Å². The number of fused-ring (bicyclic) bond motifs is 1. The quantitative estimate of drug-likeness (QED) is 0.581. The summed E-state index contributed by atoms with van der Waals surface area (Å²) in [5, 5.41) is 12.2. The number of carboxylic acids is 1. The van der Waals surface area contributed by atoms with Crippen molar-refractivity contribution in [3.8, 4) is 11.5 Å². The van der Waals surface area contributed by atoms with Gasteiger partial charge in [-0.15, -0.1) is 0 Å². The van der Waals surface area contributed by atoms with Gasteiger partial charge in [-0.25, -0.2) is 14.6 Å². The number of aromatic amines is 1. The SMILES string of the molecule is COc1cc(OC)cc([C@@H]2c3nc[nH]c3CCN2C(=O)Nc2ccccc2C(=O)O)c1. The molecule has 1 aliphatic rings. The molecule has 2 heterocycles. The molecule has 0 saturated heterocycles. The van der Waals surface area contributed by atoms with Crippen molar-refractivity contribution in [3.63, 3.8) is 0 Å². The second-order valence-corrected chi connectivity index (χ2v) is 7.04. The number of aromatic nitrogens is 2. The molecule has 4 rings (SSSR count). The number of para-hydroxylation sites is 1. The second kappa shape index (κ2) is 8.39. The van der Waals surface area contributed by atoms with Crippen LogP contribution in [0.1, 0.15) is 33.4 Å². The molecule has 31 heavy (non-hydrogen) atoms. The molecule has 1 aromatic heterocycles. The summed E-state index contributed by atoms with van der Waals surface area (Å²) in [5.74, 6) is 0.0698. The molecular weight excluding hydrogens is 400 g/mol. The molecule has 0 bridgehead atoms. The number of benzene rings is 2. The third-order valence-electron chi connectivity index (χ3n) is 5.27. The summed E-state index contributed by atoms with van der Waals surface area (Å²) in [6.07, 6.45) is 2.21. The molecular formula is C22H22N4O5. The maximum absolute atomic E-state index is 13.3. The topological polar surface area (TPSA) is 117 Å². The van der Waals surface area contributed by atoms with Crippen LogP contribution in [0.5, 0.6) is 11.5 Å². The minimum Gasteiger partial charge on any atom is -0.497 e. The number of ether oxygens (including phenoxy) is 2. The van der Waals surface area contributed by atoms with Gasteiger partial charge in [-0.3, -0.25) is 0 Å². The van der Waals surface area contributed by atoms with Crippen molar-refractivity contribution in [1.82, 2.24) is 14.9 Å². The van der Waals surface area contributed by atoms with Crippen LogP contribution in [0.2, 0.25) is 0 Å². The minimum absolute atomic E-state index is 0.0212. The van der Waals surface area contributed by atoms with E-state index in [9.17, 15) is 14.7 Å². The first-order chi connectivity index (χ1) is 15.0. The fourth-order valence-electron chi connectivity index (χ4n) is 3.79. The number of carbonyl (C=O) groups excluding carboxylic acids is 1. The van der Waals surface area contributed by atoms with Crippen molar-refractivity contribution in [3.05, 3.63) is 71.3 Å². The zero-order valence-electron chi connectivity index (χ0n) is 17.1. The van der Waals surface area contributed by atoms with Crippen molar-refractivity contribution < 1.29 is 24.2 Å². The maximum atomic E-state index is 13.3. The average molecular weight is 422 g/mol. The molecule has 0 fully saturated rings. The van der Waals surface area contributed by atoms with Crippen LogP contribution in [0.25, 0.3) is 0 Å². The highest BCUT2D eigenvalue weighted by Gasteiger charge is 2.35. The lowest BCUT2D eigenvalue weighted by Gasteiger charge is -2.35. The molecule has 0 radical (unpaired) electrons. The molecule has 3 N–H and O–H groups in total. The van der Waals surface area contributed by atoms with E-state index in [2.05, 4.69) is 15.3 Å². The standard InChI is InChI=1S/C22H22N4O5/c1-30-14-9-13(10-15(11-14)31-2)20-19-18(23-12-24-19)7-8-26(20)22(29)25-17-6-4-3-5-16(17)21(27)28/h3-6,9-12,20H,7-8H2,1-2H3,(H,23,24)(H,25,29)(H,27,28)/t20-/m1/s1. The molecule has 1 atom stereocenters. The Balaban J connectivity index is 1.74. The zero-order valence-corrected chi connectivity index (χ0v) is 17.1. The van der Waals surface area contributed by atoms with Crippen LogP contribution >= 0.6 is 0 Å². The van der Waals surface area contributed by atoms with E-state index in [1.54, 1.807) is 49.7 Å². The number of imidazole rings is 1. The van der Waals surface area contributed by atoms with Gasteiger partial charge >= 0.3 is 12.0 Å². The predicted molar refractivity (Wildman–Crippen MR) is 113 cm³/mol. The van der Waals surface area contributed by atoms with Crippen LogP contribution in [0.4, 0.5) is 10.5 Å². The molecule has 9 heteroatoms. The minimum atomic E-state index is -1.11. The molecule has 0 unspecified atom stereocenters. The van der Waals surface area contributed by atoms with Gasteiger partial charge in [0.2, 0.25) is 0 Å². The highest BCUT2D eigenvalue weighted by atomic mass is 16.5. The number of rotatable bonds is 5. The third-order valence-corrected chi connectivity index (χ3v) is 5.27. The van der Waals surface area contributed by atoms with Gasteiger partial charge < -0.3 is 29.8 Å². The summed E-state index contributed by atoms with van der Waals surface area (Å²) in [6, 6.07) is 10.8. The van der Waals surface area contributed by atoms with Crippen LogP contribution in [-0.2, 0) is 6.42 Å². The lowest BCUT2D eigenvalue weighted by Crippen LogP contribution is -2.43. The van der Waals surface area contributed by atoms with E-state index in [0.29, 0.717) is 24.5 Å². The fourth-order valence-corrected chi connectivity index (χ4v) is 3.79. The summed E-state index contributed by atoms with van der Waals surface area (Å²) >= 11 is 0. The molecule has 0 saturated carbocycles. The molecule has 0 spiro atoms. The van der Waals surface area contributed by atoms with Gasteiger partial charge in [-0.1, -0.05) is 12.1 Å². The fraction of sp³-hybridized carbons (Fsp3) is 0.227. The van der Waals surface area contributed by atoms with Crippen LogP contribution in [-0.4, -0.2) is 52.7 Å². The van der Waals surface area contributed by atoms with Gasteiger partial charge in [0, 0.05) is 24.7 Å². The predicted octanol–water partition coefficient (Wildman–Crippen LogP) is 3.30. The van der Waals surface area contributed by atoms with Gasteiger partial charge in [0.15, 0.2) is 0 Å². The number of carbonyl (C=O) groups is 2. The van der Waals surface area contributed by atoms with E-state index in [0.717, 1.165) is 17.0 Å². The second-order valence-electron chi connectivity index (χ2n) is 7.04. The van der Waals surface area contributed by atoms with E-state index in [1.165, 1.54) is 6.07 Å². The number of amides is 2. The first kappa shape index (κ1) is 20.3. The molecule has 160 valence electrons. The number of nitrogens with zero attached hydrogens (tertiary/aromatic N) is 2. The average Bonchev–Trinajstić information content (AvgIpc) is 3.27. The van der Waals surface area contributed by atoms with Gasteiger partial charge in [0.05, 0.1) is 37.5 Å². The normalized spacial score (nSPS) is 15.2. The van der Waals surface area contributed by atoms with Gasteiger partial charge in [-0.05, 0) is 29.8 Å². The van der Waals surface area contributed by atoms with E-state index in [-0.39, 0.29) is 11.3 Å². The van der Waals surface area contributed by atoms with E-state index < -0.39 is 18.0 Å². The van der Waals surface area contributed by atoms with E-state index in [1.807, 2.05) is 12.1 Å². The molecule has 1 aliphatic heterocycles. The van der Waals surface area contributed by atoms with Crippen LogP contribution in [0, 0.1) is 0 Å². The lowest BCUT2D eigenvalue weighted by atomic mass is 9.95. The van der Waals surface area contributed by atoms with E-state index >= 15 is 0 Å². The summed E-state index contributed by atoms with van der Waals surface area (Å²) in [5.41, 5.74) is 2.69. The number of carboxylic acid groups (broad SMARTS) is 1. The Morgan fingerprint density at radius 2 is 1.87 bits per heavy atom. The van der Waals surface area contributed by atoms with E-state index in [4.69, 9.17) is 9.47 Å². The number of urea groups is 1. The van der Waals surface area contributed by atoms with Gasteiger partial charge in [0.1, 0.15) is 17.5 Å². The molecule has 3 aromatic rings. The monoisotopic (exact) mass is 422 g/mol. The number of hydrogen-bond acceptors (Lipinski definition) is 5. The number of anilines is 1. The number of hydrogen-bond donors (Lipinski definition) is 3. The highest BCUT2D eigenvalue weighted by Crippen LogP contribution is 2.37. The summed E-state index contributed by atoms with van der Waals surface area (Å²) in [6.45, 7) is 0.417. The zero-order chi connectivity index (χ0) is 22.0.